The zero-order valence-electron chi connectivity index (χ0n) is 19.2. The van der Waals surface area contributed by atoms with E-state index in [4.69, 9.17) is 9.47 Å². The zero-order valence-corrected chi connectivity index (χ0v) is 20.0. The molecule has 0 bridgehead atoms. The molecule has 33 heavy (non-hydrogen) atoms. The number of hydrogen-bond acceptors (Lipinski definition) is 6. The molecular weight excluding hydrogens is 444 g/mol. The minimum Gasteiger partial charge on any atom is -0.495 e. The van der Waals surface area contributed by atoms with Crippen molar-refractivity contribution in [1.82, 2.24) is 10.0 Å². The Labute approximate surface area is 195 Å². The van der Waals surface area contributed by atoms with Crippen LogP contribution < -0.4 is 14.8 Å². The summed E-state index contributed by atoms with van der Waals surface area (Å²) in [7, 11) is -1.08. The number of rotatable bonds is 11. The first kappa shape index (κ1) is 26.1. The number of amides is 1. The Kier molecular flexibility index (Phi) is 9.62. The number of esters is 1. The number of benzene rings is 2. The highest BCUT2D eigenvalue weighted by molar-refractivity contribution is 7.89. The normalized spacial score (nSPS) is 12.5. The van der Waals surface area contributed by atoms with Gasteiger partial charge in [0, 0.05) is 6.08 Å². The fourth-order valence-corrected chi connectivity index (χ4v) is 4.06. The van der Waals surface area contributed by atoms with Gasteiger partial charge in [0.15, 0.2) is 6.61 Å². The summed E-state index contributed by atoms with van der Waals surface area (Å²) >= 11 is 0. The Balaban J connectivity index is 1.99. The van der Waals surface area contributed by atoms with Crippen molar-refractivity contribution in [3.05, 3.63) is 65.7 Å². The lowest BCUT2D eigenvalue weighted by molar-refractivity contribution is -0.144. The predicted molar refractivity (Wildman–Crippen MR) is 126 cm³/mol. The lowest BCUT2D eigenvalue weighted by Gasteiger charge is -2.21. The van der Waals surface area contributed by atoms with Crippen molar-refractivity contribution in [1.29, 1.82) is 0 Å². The van der Waals surface area contributed by atoms with Gasteiger partial charge in [0.2, 0.25) is 10.0 Å². The molecule has 2 aromatic rings. The second-order valence-corrected chi connectivity index (χ2v) is 9.57. The third-order valence-electron chi connectivity index (χ3n) is 4.75. The Hall–Kier alpha value is -3.17. The highest BCUT2D eigenvalue weighted by atomic mass is 32.2. The molecule has 0 saturated heterocycles. The van der Waals surface area contributed by atoms with Crippen molar-refractivity contribution in [3.8, 4) is 5.75 Å². The van der Waals surface area contributed by atoms with Crippen LogP contribution in [0.25, 0.3) is 6.08 Å². The van der Waals surface area contributed by atoms with E-state index in [1.165, 1.54) is 32.4 Å². The van der Waals surface area contributed by atoms with E-state index in [-0.39, 0.29) is 16.7 Å². The number of nitrogens with one attached hydrogen (secondary N) is 2. The fourth-order valence-electron chi connectivity index (χ4n) is 3.14. The molecule has 2 N–H and O–H groups in total. The molecule has 0 aromatic heterocycles. The first-order valence-corrected chi connectivity index (χ1v) is 11.9. The van der Waals surface area contributed by atoms with Gasteiger partial charge in [-0.25, -0.2) is 17.9 Å². The SMILES string of the molecule is CNS(=O)(=O)c1cc(/C=C/C(=O)OCC(=O)NC(CC(C)C)c2ccccc2)ccc1OC. The maximum absolute atomic E-state index is 12.3. The van der Waals surface area contributed by atoms with E-state index < -0.39 is 28.5 Å². The van der Waals surface area contributed by atoms with E-state index in [2.05, 4.69) is 23.9 Å². The van der Waals surface area contributed by atoms with Gasteiger partial charge < -0.3 is 14.8 Å². The van der Waals surface area contributed by atoms with Gasteiger partial charge >= 0.3 is 5.97 Å². The van der Waals surface area contributed by atoms with Crippen molar-refractivity contribution < 1.29 is 27.5 Å². The second kappa shape index (κ2) is 12.2. The molecule has 2 rings (SSSR count). The molecule has 1 amide bonds. The molecule has 9 heteroatoms. The van der Waals surface area contributed by atoms with Crippen LogP contribution >= 0.6 is 0 Å². The molecule has 0 aliphatic rings. The molecule has 0 spiro atoms. The van der Waals surface area contributed by atoms with Gasteiger partial charge in [0.1, 0.15) is 10.6 Å². The van der Waals surface area contributed by atoms with Crippen LogP contribution in [0.5, 0.6) is 5.75 Å². The zero-order chi connectivity index (χ0) is 24.4. The van der Waals surface area contributed by atoms with E-state index in [1.807, 2.05) is 30.3 Å². The van der Waals surface area contributed by atoms with Crippen LogP contribution in [0.15, 0.2) is 59.5 Å². The van der Waals surface area contributed by atoms with Crippen molar-refractivity contribution in [2.75, 3.05) is 20.8 Å². The Morgan fingerprint density at radius 1 is 1.09 bits per heavy atom. The molecule has 0 heterocycles. The first-order valence-electron chi connectivity index (χ1n) is 10.5. The average Bonchev–Trinajstić information content (AvgIpc) is 2.81. The summed E-state index contributed by atoms with van der Waals surface area (Å²) in [6.45, 7) is 3.71. The minimum absolute atomic E-state index is 0.0560. The van der Waals surface area contributed by atoms with Crippen LogP contribution in [0.3, 0.4) is 0 Å². The molecule has 0 fully saturated rings. The van der Waals surface area contributed by atoms with Crippen LogP contribution in [-0.4, -0.2) is 41.1 Å². The van der Waals surface area contributed by atoms with E-state index in [9.17, 15) is 18.0 Å². The molecule has 0 saturated carbocycles. The fraction of sp³-hybridized carbons (Fsp3) is 0.333. The van der Waals surface area contributed by atoms with Gasteiger partial charge in [0.05, 0.1) is 13.2 Å². The summed E-state index contributed by atoms with van der Waals surface area (Å²) in [5, 5.41) is 2.91. The summed E-state index contributed by atoms with van der Waals surface area (Å²) in [5.74, 6) is -0.588. The van der Waals surface area contributed by atoms with Crippen LogP contribution in [0.2, 0.25) is 0 Å². The topological polar surface area (TPSA) is 111 Å². The van der Waals surface area contributed by atoms with Crippen molar-refractivity contribution in [2.24, 2.45) is 5.92 Å². The highest BCUT2D eigenvalue weighted by Gasteiger charge is 2.18. The Morgan fingerprint density at radius 2 is 1.79 bits per heavy atom. The van der Waals surface area contributed by atoms with Crippen LogP contribution in [-0.2, 0) is 24.3 Å². The smallest absolute Gasteiger partial charge is 0.331 e. The maximum atomic E-state index is 12.3. The monoisotopic (exact) mass is 474 g/mol. The van der Waals surface area contributed by atoms with Gasteiger partial charge in [-0.15, -0.1) is 0 Å². The Bertz CT molecular complexity index is 1080. The first-order chi connectivity index (χ1) is 15.7. The maximum Gasteiger partial charge on any atom is 0.331 e. The van der Waals surface area contributed by atoms with Crippen LogP contribution in [0, 0.1) is 5.92 Å². The summed E-state index contributed by atoms with van der Waals surface area (Å²) in [4.78, 5) is 24.4. The average molecular weight is 475 g/mol. The molecule has 2 aromatic carbocycles. The lowest BCUT2D eigenvalue weighted by atomic mass is 9.97. The summed E-state index contributed by atoms with van der Waals surface area (Å²) in [6, 6.07) is 13.9. The summed E-state index contributed by atoms with van der Waals surface area (Å²) in [5.41, 5.74) is 1.43. The molecule has 1 unspecified atom stereocenters. The highest BCUT2D eigenvalue weighted by Crippen LogP contribution is 2.25. The van der Waals surface area contributed by atoms with Crippen LogP contribution in [0.1, 0.15) is 37.4 Å². The van der Waals surface area contributed by atoms with E-state index in [0.717, 1.165) is 18.1 Å². The van der Waals surface area contributed by atoms with Crippen molar-refractivity contribution in [2.45, 2.75) is 31.2 Å². The number of sulfonamides is 1. The van der Waals surface area contributed by atoms with Gasteiger partial charge in [-0.2, -0.15) is 0 Å². The molecule has 178 valence electrons. The van der Waals surface area contributed by atoms with Crippen LogP contribution in [0.4, 0.5) is 0 Å². The van der Waals surface area contributed by atoms with E-state index in [1.54, 1.807) is 6.07 Å². The minimum atomic E-state index is -3.74. The van der Waals surface area contributed by atoms with Gasteiger partial charge in [-0.1, -0.05) is 50.2 Å². The largest absolute Gasteiger partial charge is 0.495 e. The number of methoxy groups -OCH3 is 1. The number of carbonyl (C=O) groups excluding carboxylic acids is 2. The van der Waals surface area contributed by atoms with Crippen molar-refractivity contribution >= 4 is 28.0 Å². The van der Waals surface area contributed by atoms with E-state index >= 15 is 0 Å². The predicted octanol–water partition coefficient (Wildman–Crippen LogP) is 3.06. The molecular formula is C24H30N2O6S. The Morgan fingerprint density at radius 3 is 2.39 bits per heavy atom. The van der Waals surface area contributed by atoms with Crippen molar-refractivity contribution in [3.63, 3.8) is 0 Å². The molecule has 1 atom stereocenters. The third-order valence-corrected chi connectivity index (χ3v) is 6.18. The lowest BCUT2D eigenvalue weighted by Crippen LogP contribution is -2.33. The third kappa shape index (κ3) is 8.03. The second-order valence-electron chi connectivity index (χ2n) is 7.72. The van der Waals surface area contributed by atoms with Gasteiger partial charge in [-0.05, 0) is 48.7 Å². The molecule has 0 aliphatic heterocycles. The quantitative estimate of drug-likeness (QED) is 0.383. The molecule has 0 radical (unpaired) electrons. The summed E-state index contributed by atoms with van der Waals surface area (Å²) in [6.07, 6.45) is 3.28. The molecule has 0 aliphatic carbocycles. The number of carbonyl (C=O) groups is 2. The van der Waals surface area contributed by atoms with Gasteiger partial charge in [-0.3, -0.25) is 4.79 Å². The number of hydrogen-bond donors (Lipinski definition) is 2. The standard InChI is InChI=1S/C24H30N2O6S/c1-17(2)14-20(19-8-6-5-7-9-19)26-23(27)16-32-24(28)13-11-18-10-12-21(31-4)22(15-18)33(29,30)25-3/h5-13,15,17,20,25H,14,16H2,1-4H3,(H,26,27)/b13-11+. The number of ether oxygens (including phenoxy) is 2. The van der Waals surface area contributed by atoms with E-state index in [0.29, 0.717) is 11.5 Å². The summed E-state index contributed by atoms with van der Waals surface area (Å²) < 4.78 is 36.7. The molecule has 8 nitrogen and oxygen atoms in total. The van der Waals surface area contributed by atoms with Gasteiger partial charge in [0.25, 0.3) is 5.91 Å².